The molecule has 0 saturated carbocycles. The van der Waals surface area contributed by atoms with Crippen molar-refractivity contribution in [2.75, 3.05) is 30.5 Å². The zero-order valence-corrected chi connectivity index (χ0v) is 13.8. The first kappa shape index (κ1) is 16.9. The third-order valence-electron chi connectivity index (χ3n) is 3.43. The van der Waals surface area contributed by atoms with E-state index in [0.29, 0.717) is 29.4 Å². The topological polar surface area (TPSA) is 84.5 Å². The van der Waals surface area contributed by atoms with Gasteiger partial charge in [-0.05, 0) is 24.6 Å². The van der Waals surface area contributed by atoms with Gasteiger partial charge < -0.3 is 15.4 Å². The Hall–Kier alpha value is -1.47. The lowest BCUT2D eigenvalue weighted by atomic mass is 10.2. The Labute approximate surface area is 135 Å². The van der Waals surface area contributed by atoms with Crippen LogP contribution in [0.3, 0.4) is 0 Å². The molecule has 0 unspecified atom stereocenters. The van der Waals surface area contributed by atoms with Gasteiger partial charge in [0.15, 0.2) is 9.84 Å². The van der Waals surface area contributed by atoms with E-state index in [4.69, 9.17) is 16.3 Å². The minimum Gasteiger partial charge on any atom is -0.495 e. The van der Waals surface area contributed by atoms with E-state index in [0.717, 1.165) is 0 Å². The van der Waals surface area contributed by atoms with E-state index in [1.165, 1.54) is 0 Å². The molecule has 1 atom stereocenters. The first-order chi connectivity index (χ1) is 10.4. The summed E-state index contributed by atoms with van der Waals surface area (Å²) >= 11 is 5.92. The van der Waals surface area contributed by atoms with Crippen LogP contribution in [0.1, 0.15) is 12.8 Å². The number of anilines is 1. The predicted octanol–water partition coefficient (Wildman–Crippen LogP) is 1.45. The Kier molecular flexibility index (Phi) is 5.52. The molecule has 1 aromatic carbocycles. The van der Waals surface area contributed by atoms with Gasteiger partial charge in [-0.25, -0.2) is 8.42 Å². The van der Waals surface area contributed by atoms with Crippen LogP contribution in [-0.2, 0) is 14.6 Å². The SMILES string of the molecule is COc1ccc(Cl)cc1NCCC(=O)N[C@@H]1CCS(=O)(=O)C1. The number of methoxy groups -OCH3 is 1. The number of halogens is 1. The van der Waals surface area contributed by atoms with Crippen molar-refractivity contribution >= 4 is 33.0 Å². The Morgan fingerprint density at radius 2 is 2.23 bits per heavy atom. The number of carbonyl (C=O) groups is 1. The van der Waals surface area contributed by atoms with E-state index < -0.39 is 9.84 Å². The molecule has 2 rings (SSSR count). The highest BCUT2D eigenvalue weighted by Crippen LogP contribution is 2.27. The molecular formula is C14H19ClN2O4S. The van der Waals surface area contributed by atoms with Gasteiger partial charge in [0.05, 0.1) is 24.3 Å². The van der Waals surface area contributed by atoms with Gasteiger partial charge in [-0.2, -0.15) is 0 Å². The van der Waals surface area contributed by atoms with Crippen LogP contribution in [-0.4, -0.2) is 45.5 Å². The molecule has 22 heavy (non-hydrogen) atoms. The lowest BCUT2D eigenvalue weighted by molar-refractivity contribution is -0.121. The highest BCUT2D eigenvalue weighted by Gasteiger charge is 2.28. The summed E-state index contributed by atoms with van der Waals surface area (Å²) in [5, 5.41) is 6.41. The zero-order valence-electron chi connectivity index (χ0n) is 12.3. The van der Waals surface area contributed by atoms with Crippen LogP contribution in [0.25, 0.3) is 0 Å². The average Bonchev–Trinajstić information content (AvgIpc) is 2.78. The van der Waals surface area contributed by atoms with E-state index in [-0.39, 0.29) is 29.9 Å². The number of nitrogens with one attached hydrogen (secondary N) is 2. The second-order valence-electron chi connectivity index (χ2n) is 5.19. The van der Waals surface area contributed by atoms with E-state index in [1.54, 1.807) is 25.3 Å². The molecule has 0 spiro atoms. The molecule has 1 saturated heterocycles. The van der Waals surface area contributed by atoms with E-state index in [2.05, 4.69) is 10.6 Å². The first-order valence-corrected chi connectivity index (χ1v) is 9.17. The summed E-state index contributed by atoms with van der Waals surface area (Å²) in [6, 6.07) is 4.92. The molecule has 122 valence electrons. The number of amides is 1. The number of ether oxygens (including phenoxy) is 1. The van der Waals surface area contributed by atoms with Gasteiger partial charge in [0, 0.05) is 24.0 Å². The number of carbonyl (C=O) groups excluding carboxylic acids is 1. The van der Waals surface area contributed by atoms with Crippen molar-refractivity contribution in [2.24, 2.45) is 0 Å². The van der Waals surface area contributed by atoms with Crippen molar-refractivity contribution in [3.63, 3.8) is 0 Å². The lowest BCUT2D eigenvalue weighted by Crippen LogP contribution is -2.36. The molecule has 1 aliphatic rings. The summed E-state index contributed by atoms with van der Waals surface area (Å²) in [4.78, 5) is 11.8. The van der Waals surface area contributed by atoms with Crippen molar-refractivity contribution in [1.29, 1.82) is 0 Å². The van der Waals surface area contributed by atoms with Crippen LogP contribution in [0.15, 0.2) is 18.2 Å². The molecule has 0 aromatic heterocycles. The second-order valence-corrected chi connectivity index (χ2v) is 7.85. The molecule has 0 radical (unpaired) electrons. The summed E-state index contributed by atoms with van der Waals surface area (Å²) < 4.78 is 27.9. The molecule has 0 bridgehead atoms. The number of sulfone groups is 1. The fourth-order valence-electron chi connectivity index (χ4n) is 2.34. The quantitative estimate of drug-likeness (QED) is 0.814. The number of hydrogen-bond donors (Lipinski definition) is 2. The Bertz CT molecular complexity index is 648. The highest BCUT2D eigenvalue weighted by molar-refractivity contribution is 7.91. The summed E-state index contributed by atoms with van der Waals surface area (Å²) in [6.45, 7) is 0.405. The van der Waals surface area contributed by atoms with E-state index >= 15 is 0 Å². The van der Waals surface area contributed by atoms with Crippen molar-refractivity contribution < 1.29 is 17.9 Å². The maximum atomic E-state index is 11.8. The zero-order chi connectivity index (χ0) is 16.2. The normalized spacial score (nSPS) is 19.6. The van der Waals surface area contributed by atoms with Crippen LogP contribution in [0.5, 0.6) is 5.75 Å². The summed E-state index contributed by atoms with van der Waals surface area (Å²) in [6.07, 6.45) is 0.732. The third-order valence-corrected chi connectivity index (χ3v) is 5.43. The van der Waals surface area contributed by atoms with Gasteiger partial charge >= 0.3 is 0 Å². The maximum absolute atomic E-state index is 11.8. The number of rotatable bonds is 6. The molecule has 1 amide bonds. The summed E-state index contributed by atoms with van der Waals surface area (Å²) in [5.74, 6) is 0.659. The van der Waals surface area contributed by atoms with Crippen LogP contribution >= 0.6 is 11.6 Å². The molecule has 6 nitrogen and oxygen atoms in total. The highest BCUT2D eigenvalue weighted by atomic mass is 35.5. The molecule has 1 aromatic rings. The van der Waals surface area contributed by atoms with Crippen LogP contribution < -0.4 is 15.4 Å². The van der Waals surface area contributed by atoms with Crippen LogP contribution in [0.4, 0.5) is 5.69 Å². The first-order valence-electron chi connectivity index (χ1n) is 6.97. The van der Waals surface area contributed by atoms with Gasteiger partial charge in [-0.3, -0.25) is 4.79 Å². The van der Waals surface area contributed by atoms with Gasteiger partial charge in [0.25, 0.3) is 0 Å². The van der Waals surface area contributed by atoms with Crippen molar-refractivity contribution in [1.82, 2.24) is 5.32 Å². The number of hydrogen-bond acceptors (Lipinski definition) is 5. The van der Waals surface area contributed by atoms with Gasteiger partial charge in [-0.1, -0.05) is 11.6 Å². The monoisotopic (exact) mass is 346 g/mol. The van der Waals surface area contributed by atoms with Gasteiger partial charge in [0.1, 0.15) is 5.75 Å². The fraction of sp³-hybridized carbons (Fsp3) is 0.500. The van der Waals surface area contributed by atoms with E-state index in [1.807, 2.05) is 0 Å². The summed E-state index contributed by atoms with van der Waals surface area (Å²) in [5.41, 5.74) is 0.714. The molecule has 1 fully saturated rings. The van der Waals surface area contributed by atoms with Crippen LogP contribution in [0, 0.1) is 0 Å². The van der Waals surface area contributed by atoms with Gasteiger partial charge in [0.2, 0.25) is 5.91 Å². The fourth-order valence-corrected chi connectivity index (χ4v) is 4.18. The van der Waals surface area contributed by atoms with Crippen molar-refractivity contribution in [3.8, 4) is 5.75 Å². The lowest BCUT2D eigenvalue weighted by Gasteiger charge is -2.13. The standard InChI is InChI=1S/C14H19ClN2O4S/c1-21-13-3-2-10(15)8-12(13)16-6-4-14(18)17-11-5-7-22(19,20)9-11/h2-3,8,11,16H,4-7,9H2,1H3,(H,17,18)/t11-/m1/s1. The smallest absolute Gasteiger partial charge is 0.222 e. The van der Waals surface area contributed by atoms with E-state index in [9.17, 15) is 13.2 Å². The molecule has 8 heteroatoms. The van der Waals surface area contributed by atoms with Crippen LogP contribution in [0.2, 0.25) is 5.02 Å². The molecule has 1 aliphatic heterocycles. The molecule has 0 aliphatic carbocycles. The maximum Gasteiger partial charge on any atom is 0.222 e. The van der Waals surface area contributed by atoms with Gasteiger partial charge in [-0.15, -0.1) is 0 Å². The minimum absolute atomic E-state index is 0.0360. The molecule has 2 N–H and O–H groups in total. The Morgan fingerprint density at radius 3 is 2.86 bits per heavy atom. The van der Waals surface area contributed by atoms with Crippen molar-refractivity contribution in [2.45, 2.75) is 18.9 Å². The largest absolute Gasteiger partial charge is 0.495 e. The Balaban J connectivity index is 1.79. The summed E-state index contributed by atoms with van der Waals surface area (Å²) in [7, 11) is -1.42. The predicted molar refractivity (Wildman–Crippen MR) is 86.3 cm³/mol. The molecule has 1 heterocycles. The number of benzene rings is 1. The average molecular weight is 347 g/mol. The minimum atomic E-state index is -2.98. The Morgan fingerprint density at radius 1 is 1.45 bits per heavy atom. The van der Waals surface area contributed by atoms with Crippen molar-refractivity contribution in [3.05, 3.63) is 23.2 Å². The second kappa shape index (κ2) is 7.19. The third kappa shape index (κ3) is 4.78. The molecular weight excluding hydrogens is 328 g/mol.